The van der Waals surface area contributed by atoms with Gasteiger partial charge in [0, 0.05) is 40.3 Å². The lowest BCUT2D eigenvalue weighted by Gasteiger charge is -2.31. The molecule has 1 fully saturated rings. The number of sulfonamides is 1. The Morgan fingerprint density at radius 1 is 1.05 bits per heavy atom. The Hall–Kier alpha value is -2.88. The van der Waals surface area contributed by atoms with E-state index in [0.717, 1.165) is 0 Å². The molecule has 3 aromatic carbocycles. The number of amides is 1. The van der Waals surface area contributed by atoms with Crippen molar-refractivity contribution in [2.45, 2.75) is 24.7 Å². The monoisotopic (exact) mass is 604 g/mol. The third-order valence-electron chi connectivity index (χ3n) is 6.17. The molecule has 3 aromatic rings. The molecule has 10 heteroatoms. The average Bonchev–Trinajstić information content (AvgIpc) is 2.89. The highest BCUT2D eigenvalue weighted by Gasteiger charge is 2.29. The SMILES string of the molecule is CCOc1ccc(Br)cc1S(=O)(=O)Nc1ccc(C(=O)N2CCC(C(=O)c3ccccc3Cl)CC2)cc1. The molecule has 37 heavy (non-hydrogen) atoms. The first-order valence-electron chi connectivity index (χ1n) is 11.8. The maximum Gasteiger partial charge on any atom is 0.265 e. The number of ether oxygens (including phenoxy) is 1. The lowest BCUT2D eigenvalue weighted by molar-refractivity contribution is 0.0650. The topological polar surface area (TPSA) is 92.8 Å². The van der Waals surface area contributed by atoms with Crippen LogP contribution in [0.1, 0.15) is 40.5 Å². The Morgan fingerprint density at radius 2 is 1.73 bits per heavy atom. The highest BCUT2D eigenvalue weighted by molar-refractivity contribution is 9.10. The van der Waals surface area contributed by atoms with Crippen LogP contribution in [-0.4, -0.2) is 44.7 Å². The maximum absolute atomic E-state index is 13.0. The summed E-state index contributed by atoms with van der Waals surface area (Å²) in [6.07, 6.45) is 1.12. The summed E-state index contributed by atoms with van der Waals surface area (Å²) in [4.78, 5) is 27.6. The first kappa shape index (κ1) is 27.2. The second-order valence-electron chi connectivity index (χ2n) is 8.62. The molecule has 1 saturated heterocycles. The quantitative estimate of drug-likeness (QED) is 0.316. The van der Waals surface area contributed by atoms with E-state index >= 15 is 0 Å². The average molecular weight is 606 g/mol. The molecule has 0 bridgehead atoms. The van der Waals surface area contributed by atoms with Gasteiger partial charge in [-0.15, -0.1) is 0 Å². The molecule has 0 spiro atoms. The highest BCUT2D eigenvalue weighted by Crippen LogP contribution is 2.30. The number of nitrogens with one attached hydrogen (secondary N) is 1. The largest absolute Gasteiger partial charge is 0.492 e. The van der Waals surface area contributed by atoms with Crippen LogP contribution in [0.3, 0.4) is 0 Å². The summed E-state index contributed by atoms with van der Waals surface area (Å²) >= 11 is 9.48. The number of anilines is 1. The molecule has 1 N–H and O–H groups in total. The predicted molar refractivity (Wildman–Crippen MR) is 147 cm³/mol. The molecule has 1 heterocycles. The molecule has 0 aromatic heterocycles. The van der Waals surface area contributed by atoms with E-state index in [2.05, 4.69) is 20.7 Å². The van der Waals surface area contributed by atoms with Gasteiger partial charge in [-0.05, 0) is 74.4 Å². The Bertz CT molecular complexity index is 1400. The van der Waals surface area contributed by atoms with Crippen molar-refractivity contribution in [2.24, 2.45) is 5.92 Å². The van der Waals surface area contributed by atoms with Crippen molar-refractivity contribution in [1.82, 2.24) is 4.90 Å². The van der Waals surface area contributed by atoms with Crippen molar-refractivity contribution < 1.29 is 22.7 Å². The highest BCUT2D eigenvalue weighted by atomic mass is 79.9. The zero-order chi connectivity index (χ0) is 26.6. The summed E-state index contributed by atoms with van der Waals surface area (Å²) in [7, 11) is -3.92. The van der Waals surface area contributed by atoms with E-state index in [0.29, 0.717) is 58.8 Å². The van der Waals surface area contributed by atoms with E-state index < -0.39 is 10.0 Å². The fourth-order valence-corrected chi connectivity index (χ4v) is 6.24. The molecule has 1 aliphatic rings. The molecule has 0 saturated carbocycles. The van der Waals surface area contributed by atoms with Crippen molar-refractivity contribution in [1.29, 1.82) is 0 Å². The fourth-order valence-electron chi connectivity index (χ4n) is 4.27. The van der Waals surface area contributed by atoms with E-state index in [1.165, 1.54) is 6.07 Å². The second kappa shape index (κ2) is 11.7. The van der Waals surface area contributed by atoms with Gasteiger partial charge in [0.1, 0.15) is 10.6 Å². The molecule has 7 nitrogen and oxygen atoms in total. The summed E-state index contributed by atoms with van der Waals surface area (Å²) < 4.78 is 34.6. The number of benzene rings is 3. The molecule has 1 aliphatic heterocycles. The van der Waals surface area contributed by atoms with Gasteiger partial charge in [-0.2, -0.15) is 0 Å². The molecule has 0 aliphatic carbocycles. The molecule has 4 rings (SSSR count). The number of carbonyl (C=O) groups is 2. The Morgan fingerprint density at radius 3 is 2.38 bits per heavy atom. The summed E-state index contributed by atoms with van der Waals surface area (Å²) in [6.45, 7) is 3.02. The summed E-state index contributed by atoms with van der Waals surface area (Å²) in [5.41, 5.74) is 1.28. The number of piperidine rings is 1. The first-order chi connectivity index (χ1) is 17.7. The van der Waals surface area contributed by atoms with Crippen LogP contribution in [0, 0.1) is 5.92 Å². The summed E-state index contributed by atoms with van der Waals surface area (Å²) in [5.74, 6) is -0.0855. The van der Waals surface area contributed by atoms with Gasteiger partial charge in [0.15, 0.2) is 5.78 Å². The van der Waals surface area contributed by atoms with Gasteiger partial charge in [-0.25, -0.2) is 8.42 Å². The van der Waals surface area contributed by atoms with E-state index in [4.69, 9.17) is 16.3 Å². The van der Waals surface area contributed by atoms with Gasteiger partial charge in [-0.1, -0.05) is 39.7 Å². The lowest BCUT2D eigenvalue weighted by Crippen LogP contribution is -2.40. The zero-order valence-corrected chi connectivity index (χ0v) is 23.3. The minimum atomic E-state index is -3.92. The molecular weight excluding hydrogens is 580 g/mol. The van der Waals surface area contributed by atoms with Crippen LogP contribution in [0.25, 0.3) is 0 Å². The molecule has 0 radical (unpaired) electrons. The van der Waals surface area contributed by atoms with Gasteiger partial charge in [0.2, 0.25) is 0 Å². The standard InChI is InChI=1S/C27H26BrClN2O5S/c1-2-36-24-12-9-20(28)17-25(24)37(34,35)30-21-10-7-19(8-11-21)27(33)31-15-13-18(14-16-31)26(32)22-5-3-4-6-23(22)29/h3-12,17-18,30H,2,13-16H2,1H3. The summed E-state index contributed by atoms with van der Waals surface area (Å²) in [5, 5.41) is 0.440. The van der Waals surface area contributed by atoms with E-state index in [-0.39, 0.29) is 28.3 Å². The van der Waals surface area contributed by atoms with Crippen molar-refractivity contribution in [3.05, 3.63) is 87.4 Å². The Kier molecular flexibility index (Phi) is 8.56. The van der Waals surface area contributed by atoms with Crippen LogP contribution in [0.4, 0.5) is 5.69 Å². The minimum absolute atomic E-state index is 0.00674. The number of halogens is 2. The van der Waals surface area contributed by atoms with Crippen LogP contribution in [-0.2, 0) is 10.0 Å². The van der Waals surface area contributed by atoms with E-state index in [1.54, 1.807) is 72.5 Å². The Labute approximate surface area is 230 Å². The number of likely N-dealkylation sites (tertiary alicyclic amines) is 1. The van der Waals surface area contributed by atoms with Crippen LogP contribution in [0.15, 0.2) is 76.1 Å². The number of hydrogen-bond acceptors (Lipinski definition) is 5. The van der Waals surface area contributed by atoms with Crippen LogP contribution < -0.4 is 9.46 Å². The van der Waals surface area contributed by atoms with Crippen LogP contribution >= 0.6 is 27.5 Å². The van der Waals surface area contributed by atoms with Crippen molar-refractivity contribution in [3.63, 3.8) is 0 Å². The zero-order valence-electron chi connectivity index (χ0n) is 20.1. The van der Waals surface area contributed by atoms with Gasteiger partial charge >= 0.3 is 0 Å². The van der Waals surface area contributed by atoms with Crippen LogP contribution in [0.5, 0.6) is 5.75 Å². The first-order valence-corrected chi connectivity index (χ1v) is 14.5. The normalized spacial score (nSPS) is 14.3. The van der Waals surface area contributed by atoms with Crippen LogP contribution in [0.2, 0.25) is 5.02 Å². The Balaban J connectivity index is 1.40. The van der Waals surface area contributed by atoms with Crippen molar-refractivity contribution in [2.75, 3.05) is 24.4 Å². The smallest absolute Gasteiger partial charge is 0.265 e. The molecule has 0 unspecified atom stereocenters. The molecular formula is C27H26BrClN2O5S. The number of nitrogens with zero attached hydrogens (tertiary/aromatic N) is 1. The summed E-state index contributed by atoms with van der Waals surface area (Å²) in [6, 6.07) is 18.1. The number of hydrogen-bond donors (Lipinski definition) is 1. The van der Waals surface area contributed by atoms with Gasteiger partial charge in [-0.3, -0.25) is 14.3 Å². The van der Waals surface area contributed by atoms with E-state index in [9.17, 15) is 18.0 Å². The van der Waals surface area contributed by atoms with E-state index in [1.807, 2.05) is 0 Å². The van der Waals surface area contributed by atoms with Crippen molar-refractivity contribution in [3.8, 4) is 5.75 Å². The fraction of sp³-hybridized carbons (Fsp3) is 0.259. The third kappa shape index (κ3) is 6.34. The molecule has 0 atom stereocenters. The third-order valence-corrected chi connectivity index (χ3v) is 8.40. The molecule has 1 amide bonds. The minimum Gasteiger partial charge on any atom is -0.492 e. The number of Topliss-reactive ketones (excluding diaryl/α,β-unsaturated/α-hetero) is 1. The second-order valence-corrected chi connectivity index (χ2v) is 11.6. The number of ketones is 1. The van der Waals surface area contributed by atoms with Crippen molar-refractivity contribution >= 4 is 54.9 Å². The van der Waals surface area contributed by atoms with Gasteiger partial charge < -0.3 is 9.64 Å². The number of rotatable bonds is 8. The molecule has 194 valence electrons. The van der Waals surface area contributed by atoms with Gasteiger partial charge in [0.05, 0.1) is 11.6 Å². The van der Waals surface area contributed by atoms with Gasteiger partial charge in [0.25, 0.3) is 15.9 Å². The number of carbonyl (C=O) groups excluding carboxylic acids is 2. The maximum atomic E-state index is 13.0. The predicted octanol–water partition coefficient (Wildman–Crippen LogP) is 6.04. The lowest BCUT2D eigenvalue weighted by atomic mass is 9.88.